The second-order valence-corrected chi connectivity index (χ2v) is 5.29. The van der Waals surface area contributed by atoms with Crippen LogP contribution in [-0.2, 0) is 9.59 Å². The zero-order valence-electron chi connectivity index (χ0n) is 10.7. The Kier molecular flexibility index (Phi) is 5.14. The zero-order valence-corrected chi connectivity index (χ0v) is 10.7. The van der Waals surface area contributed by atoms with E-state index >= 15 is 0 Å². The van der Waals surface area contributed by atoms with Crippen molar-refractivity contribution in [3.8, 4) is 6.07 Å². The van der Waals surface area contributed by atoms with Crippen molar-refractivity contribution in [2.75, 3.05) is 6.54 Å². The lowest BCUT2D eigenvalue weighted by Gasteiger charge is -2.26. The Morgan fingerprint density at radius 2 is 2.00 bits per heavy atom. The van der Waals surface area contributed by atoms with E-state index in [2.05, 4.69) is 5.32 Å². The van der Waals surface area contributed by atoms with E-state index in [0.29, 0.717) is 6.54 Å². The van der Waals surface area contributed by atoms with Crippen LogP contribution in [0.25, 0.3) is 0 Å². The first-order valence-electron chi connectivity index (χ1n) is 6.35. The smallest absolute Gasteiger partial charge is 0.303 e. The molecule has 0 aromatic rings. The van der Waals surface area contributed by atoms with Crippen LogP contribution in [0.5, 0.6) is 0 Å². The van der Waals surface area contributed by atoms with E-state index in [1.54, 1.807) is 6.92 Å². The quantitative estimate of drug-likeness (QED) is 0.752. The van der Waals surface area contributed by atoms with Crippen molar-refractivity contribution in [2.24, 2.45) is 11.3 Å². The summed E-state index contributed by atoms with van der Waals surface area (Å²) in [5.41, 5.74) is -0.369. The van der Waals surface area contributed by atoms with E-state index in [9.17, 15) is 9.59 Å². The molecule has 0 saturated heterocycles. The van der Waals surface area contributed by atoms with Gasteiger partial charge >= 0.3 is 5.97 Å². The molecule has 1 saturated carbocycles. The second-order valence-electron chi connectivity index (χ2n) is 5.29. The monoisotopic (exact) mass is 252 g/mol. The molecule has 1 amide bonds. The first-order valence-corrected chi connectivity index (χ1v) is 6.35. The highest BCUT2D eigenvalue weighted by Gasteiger charge is 2.37. The lowest BCUT2D eigenvalue weighted by atomic mass is 9.79. The summed E-state index contributed by atoms with van der Waals surface area (Å²) in [6.45, 7) is 2.07. The number of carbonyl (C=O) groups excluding carboxylic acids is 1. The van der Waals surface area contributed by atoms with E-state index in [1.807, 2.05) is 6.07 Å². The van der Waals surface area contributed by atoms with Crippen LogP contribution < -0.4 is 5.32 Å². The highest BCUT2D eigenvalue weighted by Crippen LogP contribution is 2.43. The first kappa shape index (κ1) is 14.5. The molecule has 0 bridgehead atoms. The van der Waals surface area contributed by atoms with Gasteiger partial charge in [0.15, 0.2) is 0 Å². The molecule has 0 heterocycles. The van der Waals surface area contributed by atoms with Crippen molar-refractivity contribution in [3.63, 3.8) is 0 Å². The molecule has 100 valence electrons. The third-order valence-electron chi connectivity index (χ3n) is 3.55. The SMILES string of the molecule is CC(C#N)CNC(=O)CC1(CC(=O)O)CCCC1. The van der Waals surface area contributed by atoms with Gasteiger partial charge in [-0.25, -0.2) is 0 Å². The number of carbonyl (C=O) groups is 2. The van der Waals surface area contributed by atoms with Gasteiger partial charge in [-0.1, -0.05) is 12.8 Å². The maximum absolute atomic E-state index is 11.8. The molecule has 0 spiro atoms. The predicted molar refractivity (Wildman–Crippen MR) is 65.6 cm³/mol. The van der Waals surface area contributed by atoms with Crippen LogP contribution >= 0.6 is 0 Å². The summed E-state index contributed by atoms with van der Waals surface area (Å²) >= 11 is 0. The summed E-state index contributed by atoms with van der Waals surface area (Å²) in [4.78, 5) is 22.7. The van der Waals surface area contributed by atoms with Crippen LogP contribution in [0.3, 0.4) is 0 Å². The minimum Gasteiger partial charge on any atom is -0.481 e. The molecule has 1 rings (SSSR count). The van der Waals surface area contributed by atoms with Crippen molar-refractivity contribution >= 4 is 11.9 Å². The second kappa shape index (κ2) is 6.39. The lowest BCUT2D eigenvalue weighted by molar-refractivity contribution is -0.140. The molecule has 1 fully saturated rings. The molecule has 5 nitrogen and oxygen atoms in total. The molecular weight excluding hydrogens is 232 g/mol. The van der Waals surface area contributed by atoms with Gasteiger partial charge in [0.05, 0.1) is 18.4 Å². The number of hydrogen-bond acceptors (Lipinski definition) is 3. The number of nitriles is 1. The van der Waals surface area contributed by atoms with Gasteiger partial charge in [-0.3, -0.25) is 9.59 Å². The number of nitrogens with one attached hydrogen (secondary N) is 1. The lowest BCUT2D eigenvalue weighted by Crippen LogP contribution is -2.34. The van der Waals surface area contributed by atoms with Gasteiger partial charge in [0, 0.05) is 13.0 Å². The van der Waals surface area contributed by atoms with Crippen molar-refractivity contribution in [1.29, 1.82) is 5.26 Å². The largest absolute Gasteiger partial charge is 0.481 e. The van der Waals surface area contributed by atoms with E-state index in [-0.39, 0.29) is 30.1 Å². The maximum atomic E-state index is 11.8. The number of nitrogens with zero attached hydrogens (tertiary/aromatic N) is 1. The molecular formula is C13H20N2O3. The van der Waals surface area contributed by atoms with Crippen molar-refractivity contribution in [2.45, 2.75) is 45.4 Å². The van der Waals surface area contributed by atoms with Crippen LogP contribution in [-0.4, -0.2) is 23.5 Å². The van der Waals surface area contributed by atoms with E-state index < -0.39 is 5.97 Å². The number of carboxylic acids is 1. The van der Waals surface area contributed by atoms with Crippen LogP contribution in [0.1, 0.15) is 45.4 Å². The first-order chi connectivity index (χ1) is 8.47. The molecule has 1 aliphatic rings. The highest BCUT2D eigenvalue weighted by atomic mass is 16.4. The molecule has 18 heavy (non-hydrogen) atoms. The third kappa shape index (κ3) is 4.36. The minimum atomic E-state index is -0.838. The Morgan fingerprint density at radius 3 is 2.50 bits per heavy atom. The van der Waals surface area contributed by atoms with E-state index in [0.717, 1.165) is 25.7 Å². The molecule has 2 N–H and O–H groups in total. The number of amides is 1. The fraction of sp³-hybridized carbons (Fsp3) is 0.769. The maximum Gasteiger partial charge on any atom is 0.303 e. The van der Waals surface area contributed by atoms with Crippen LogP contribution in [0, 0.1) is 22.7 Å². The van der Waals surface area contributed by atoms with Crippen molar-refractivity contribution in [3.05, 3.63) is 0 Å². The molecule has 0 aromatic carbocycles. The van der Waals surface area contributed by atoms with E-state index in [1.165, 1.54) is 0 Å². The third-order valence-corrected chi connectivity index (χ3v) is 3.55. The average Bonchev–Trinajstić information content (AvgIpc) is 2.73. The highest BCUT2D eigenvalue weighted by molar-refractivity contribution is 5.78. The van der Waals surface area contributed by atoms with Crippen LogP contribution in [0.2, 0.25) is 0 Å². The standard InChI is InChI=1S/C13H20N2O3/c1-10(8-14)9-15-11(16)6-13(7-12(17)18)4-2-3-5-13/h10H,2-7,9H2,1H3,(H,15,16)(H,17,18). The molecule has 1 aliphatic carbocycles. The molecule has 1 atom stereocenters. The topological polar surface area (TPSA) is 90.2 Å². The number of hydrogen-bond donors (Lipinski definition) is 2. The fourth-order valence-corrected chi connectivity index (χ4v) is 2.58. The molecule has 0 aromatic heterocycles. The fourth-order valence-electron chi connectivity index (χ4n) is 2.58. The van der Waals surface area contributed by atoms with Gasteiger partial charge < -0.3 is 10.4 Å². The minimum absolute atomic E-state index is 0.0637. The number of carboxylic acid groups (broad SMARTS) is 1. The van der Waals surface area contributed by atoms with Gasteiger partial charge in [0.2, 0.25) is 5.91 Å². The predicted octanol–water partition coefficient (Wildman–Crippen LogP) is 1.69. The molecule has 0 radical (unpaired) electrons. The Bertz CT molecular complexity index is 354. The van der Waals surface area contributed by atoms with Gasteiger partial charge in [-0.15, -0.1) is 0 Å². The average molecular weight is 252 g/mol. The molecule has 5 heteroatoms. The number of aliphatic carboxylic acids is 1. The summed E-state index contributed by atoms with van der Waals surface area (Å²) in [5, 5.41) is 20.3. The summed E-state index contributed by atoms with van der Waals surface area (Å²) < 4.78 is 0. The normalized spacial score (nSPS) is 18.9. The summed E-state index contributed by atoms with van der Waals surface area (Å²) in [7, 11) is 0. The Morgan fingerprint density at radius 1 is 1.39 bits per heavy atom. The van der Waals surface area contributed by atoms with Crippen LogP contribution in [0.4, 0.5) is 0 Å². The van der Waals surface area contributed by atoms with Crippen molar-refractivity contribution < 1.29 is 14.7 Å². The van der Waals surface area contributed by atoms with Gasteiger partial charge in [-0.05, 0) is 25.2 Å². The molecule has 0 aliphatic heterocycles. The van der Waals surface area contributed by atoms with Gasteiger partial charge in [-0.2, -0.15) is 5.26 Å². The summed E-state index contributed by atoms with van der Waals surface area (Å²) in [6, 6.07) is 2.05. The van der Waals surface area contributed by atoms with Crippen molar-refractivity contribution in [1.82, 2.24) is 5.32 Å². The Hall–Kier alpha value is -1.57. The summed E-state index contributed by atoms with van der Waals surface area (Å²) in [6.07, 6.45) is 3.93. The zero-order chi connectivity index (χ0) is 13.6. The Labute approximate surface area is 107 Å². The van der Waals surface area contributed by atoms with Gasteiger partial charge in [0.25, 0.3) is 0 Å². The Balaban J connectivity index is 2.49. The molecule has 1 unspecified atom stereocenters. The van der Waals surface area contributed by atoms with Gasteiger partial charge in [0.1, 0.15) is 0 Å². The summed E-state index contributed by atoms with van der Waals surface area (Å²) in [5.74, 6) is -1.19. The van der Waals surface area contributed by atoms with Crippen LogP contribution in [0.15, 0.2) is 0 Å². The number of rotatable bonds is 6. The van der Waals surface area contributed by atoms with E-state index in [4.69, 9.17) is 10.4 Å².